The first-order valence-corrected chi connectivity index (χ1v) is 21.1. The van der Waals surface area contributed by atoms with E-state index in [2.05, 4.69) is 40.7 Å². The minimum atomic E-state index is -1.91. The van der Waals surface area contributed by atoms with Gasteiger partial charge in [0, 0.05) is 5.41 Å². The number of hydrogen-bond donors (Lipinski definition) is 10. The Kier molecular flexibility index (Phi) is 11.4. The van der Waals surface area contributed by atoms with Crippen molar-refractivity contribution in [3.8, 4) is 0 Å². The van der Waals surface area contributed by atoms with Gasteiger partial charge >= 0.3 is 11.9 Å². The molecule has 6 fully saturated rings. The van der Waals surface area contributed by atoms with E-state index < -0.39 is 115 Å². The Morgan fingerprint density at radius 2 is 1.40 bits per heavy atom. The molecule has 20 unspecified atom stereocenters. The van der Waals surface area contributed by atoms with Crippen LogP contribution in [0.1, 0.15) is 99.3 Å². The lowest BCUT2D eigenvalue weighted by atomic mass is 9.33. The average Bonchev–Trinajstić information content (AvgIpc) is 3.16. The summed E-state index contributed by atoms with van der Waals surface area (Å²) in [6, 6.07) is 0. The number of aliphatic carboxylic acids is 1. The van der Waals surface area contributed by atoms with Gasteiger partial charge in [-0.15, -0.1) is 0 Å². The number of carboxylic acid groups (broad SMARTS) is 1. The van der Waals surface area contributed by atoms with Crippen LogP contribution in [-0.4, -0.2) is 150 Å². The molecule has 16 nitrogen and oxygen atoms in total. The van der Waals surface area contributed by atoms with Gasteiger partial charge in [0.15, 0.2) is 12.4 Å². The second-order valence-electron chi connectivity index (χ2n) is 20.7. The van der Waals surface area contributed by atoms with Crippen molar-refractivity contribution in [2.75, 3.05) is 13.2 Å². The second kappa shape index (κ2) is 14.9. The van der Waals surface area contributed by atoms with E-state index in [1.165, 1.54) is 5.57 Å². The fraction of sp³-hybridized carbons (Fsp3) is 0.905. The quantitative estimate of drug-likeness (QED) is 0.0943. The number of carbonyl (C=O) groups is 2. The van der Waals surface area contributed by atoms with Crippen molar-refractivity contribution in [1.82, 2.24) is 0 Å². The highest BCUT2D eigenvalue weighted by molar-refractivity contribution is 5.79. The van der Waals surface area contributed by atoms with Crippen LogP contribution in [0.5, 0.6) is 0 Å². The van der Waals surface area contributed by atoms with Crippen LogP contribution >= 0.6 is 0 Å². The Bertz CT molecular complexity index is 1620. The smallest absolute Gasteiger partial charge is 0.335 e. The van der Waals surface area contributed by atoms with E-state index in [-0.39, 0.29) is 40.4 Å². The summed E-state index contributed by atoms with van der Waals surface area (Å²) in [5.74, 6) is -2.48. The summed E-state index contributed by atoms with van der Waals surface area (Å²) in [5, 5.41) is 106. The van der Waals surface area contributed by atoms with Crippen LogP contribution in [0.4, 0.5) is 0 Å². The number of esters is 1. The van der Waals surface area contributed by atoms with E-state index in [0.717, 1.165) is 12.8 Å². The number of ether oxygens (including phenoxy) is 4. The van der Waals surface area contributed by atoms with Gasteiger partial charge in [-0.3, -0.25) is 4.79 Å². The third-order valence-corrected chi connectivity index (χ3v) is 17.3. The first-order valence-electron chi connectivity index (χ1n) is 21.1. The third-order valence-electron chi connectivity index (χ3n) is 17.3. The van der Waals surface area contributed by atoms with E-state index in [9.17, 15) is 60.7 Å². The van der Waals surface area contributed by atoms with E-state index in [0.29, 0.717) is 38.5 Å². The van der Waals surface area contributed by atoms with E-state index in [1.54, 1.807) is 0 Å². The molecular formula is C42H66O16. The Hall–Kier alpha value is -1.80. The summed E-state index contributed by atoms with van der Waals surface area (Å²) in [6.45, 7) is 12.0. The standard InChI is InChI=1S/C42H66O16/c1-37(2)11-13-42(36(54)58-34-29(50)26(47)25(46)22(17-43)55-34)14-12-40(5)19(20(42)15-37)7-8-24-38(3)16-21(45)32(39(4,18-44)23(38)9-10-41(24,40)6)57-35-30(51)27(48)28(49)31(56-35)33(52)53/h7,20-32,34-35,43-51H,8-18H2,1-6H3,(H,52,53). The normalized spacial score (nSPS) is 53.8. The van der Waals surface area contributed by atoms with Gasteiger partial charge in [0.2, 0.25) is 6.29 Å². The Balaban J connectivity index is 1.19. The minimum absolute atomic E-state index is 0.0176. The molecule has 7 aliphatic rings. The van der Waals surface area contributed by atoms with Crippen LogP contribution in [0.15, 0.2) is 11.6 Å². The van der Waals surface area contributed by atoms with E-state index >= 15 is 0 Å². The Morgan fingerprint density at radius 3 is 2.03 bits per heavy atom. The summed E-state index contributed by atoms with van der Waals surface area (Å²) < 4.78 is 23.2. The zero-order valence-electron chi connectivity index (χ0n) is 34.4. The molecule has 2 aliphatic heterocycles. The fourth-order valence-corrected chi connectivity index (χ4v) is 13.7. The van der Waals surface area contributed by atoms with Gasteiger partial charge in [0.05, 0.1) is 30.8 Å². The van der Waals surface area contributed by atoms with Gasteiger partial charge in [-0.1, -0.05) is 53.2 Å². The predicted octanol–water partition coefficient (Wildman–Crippen LogP) is 0.352. The number of fused-ring (bicyclic) bond motifs is 7. The number of allylic oxidation sites excluding steroid dienone is 2. The maximum Gasteiger partial charge on any atom is 0.335 e. The van der Waals surface area contributed by atoms with Crippen molar-refractivity contribution in [2.45, 2.75) is 173 Å². The van der Waals surface area contributed by atoms with Crippen molar-refractivity contribution >= 4 is 11.9 Å². The molecule has 16 heteroatoms. The minimum Gasteiger partial charge on any atom is -0.479 e. The summed E-state index contributed by atoms with van der Waals surface area (Å²) in [7, 11) is 0. The largest absolute Gasteiger partial charge is 0.479 e. The highest BCUT2D eigenvalue weighted by atomic mass is 16.7. The van der Waals surface area contributed by atoms with Crippen LogP contribution in [0.3, 0.4) is 0 Å². The zero-order chi connectivity index (χ0) is 42.7. The topological polar surface area (TPSA) is 273 Å². The molecule has 0 aromatic carbocycles. The monoisotopic (exact) mass is 826 g/mol. The molecule has 2 heterocycles. The zero-order valence-corrected chi connectivity index (χ0v) is 34.4. The van der Waals surface area contributed by atoms with E-state index in [1.807, 2.05) is 6.92 Å². The van der Waals surface area contributed by atoms with Gasteiger partial charge < -0.3 is 70.0 Å². The number of aliphatic hydroxyl groups excluding tert-OH is 9. The summed E-state index contributed by atoms with van der Waals surface area (Å²) in [5.41, 5.74) is -2.19. The molecule has 0 aromatic rings. The molecule has 0 bridgehead atoms. The van der Waals surface area contributed by atoms with E-state index in [4.69, 9.17) is 18.9 Å². The summed E-state index contributed by atoms with van der Waals surface area (Å²) in [4.78, 5) is 26.4. The lowest BCUT2D eigenvalue weighted by molar-refractivity contribution is -0.340. The van der Waals surface area contributed by atoms with Gasteiger partial charge in [0.25, 0.3) is 0 Å². The highest BCUT2D eigenvalue weighted by Gasteiger charge is 2.71. The van der Waals surface area contributed by atoms with Gasteiger partial charge in [-0.2, -0.15) is 0 Å². The predicted molar refractivity (Wildman–Crippen MR) is 201 cm³/mol. The average molecular weight is 827 g/mol. The number of aliphatic hydroxyl groups is 9. The van der Waals surface area contributed by atoms with Gasteiger partial charge in [0.1, 0.15) is 42.7 Å². The lowest BCUT2D eigenvalue weighted by Gasteiger charge is -2.71. The summed E-state index contributed by atoms with van der Waals surface area (Å²) >= 11 is 0. The maximum absolute atomic E-state index is 14.6. The Labute approximate surface area is 339 Å². The molecule has 58 heavy (non-hydrogen) atoms. The van der Waals surface area contributed by atoms with Crippen LogP contribution in [0, 0.1) is 50.2 Å². The van der Waals surface area contributed by atoms with Crippen molar-refractivity contribution in [2.24, 2.45) is 50.2 Å². The molecule has 0 radical (unpaired) electrons. The molecular weight excluding hydrogens is 760 g/mol. The highest BCUT2D eigenvalue weighted by Crippen LogP contribution is 2.76. The number of rotatable bonds is 7. The third kappa shape index (κ3) is 6.37. The van der Waals surface area contributed by atoms with Crippen molar-refractivity contribution in [3.05, 3.63) is 11.6 Å². The number of hydrogen-bond acceptors (Lipinski definition) is 15. The van der Waals surface area contributed by atoms with Crippen molar-refractivity contribution in [1.29, 1.82) is 0 Å². The molecule has 330 valence electrons. The van der Waals surface area contributed by atoms with Crippen molar-refractivity contribution < 1.29 is 79.6 Å². The maximum atomic E-state index is 14.6. The van der Waals surface area contributed by atoms with Crippen LogP contribution in [0.25, 0.3) is 0 Å². The van der Waals surface area contributed by atoms with Crippen LogP contribution < -0.4 is 0 Å². The van der Waals surface area contributed by atoms with Crippen LogP contribution in [0.2, 0.25) is 0 Å². The first-order chi connectivity index (χ1) is 27.0. The van der Waals surface area contributed by atoms with Crippen LogP contribution in [-0.2, 0) is 28.5 Å². The van der Waals surface area contributed by atoms with Gasteiger partial charge in [-0.25, -0.2) is 4.79 Å². The molecule has 10 N–H and O–H groups in total. The molecule has 0 aromatic heterocycles. The molecule has 20 atom stereocenters. The first kappa shape index (κ1) is 44.3. The SMILES string of the molecule is CC1(C)CCC2(C(=O)OC3OC(CO)C(O)C(O)C3O)CCC3(C)C(=CCC4C5(C)CC(O)C(OC6OC(C(=O)O)C(O)C(O)C6O)C(C)(CO)C5CCC43C)C2C1. The molecule has 4 saturated carbocycles. The Morgan fingerprint density at radius 1 is 0.759 bits per heavy atom. The van der Waals surface area contributed by atoms with Gasteiger partial charge in [-0.05, 0) is 97.2 Å². The lowest BCUT2D eigenvalue weighted by Crippen LogP contribution is -2.69. The molecule has 0 spiro atoms. The van der Waals surface area contributed by atoms with Crippen molar-refractivity contribution in [3.63, 3.8) is 0 Å². The number of carboxylic acids is 1. The molecule has 0 amide bonds. The summed E-state index contributed by atoms with van der Waals surface area (Å²) in [6.07, 6.45) is -11.5. The molecule has 7 rings (SSSR count). The molecule has 2 saturated heterocycles. The fourth-order valence-electron chi connectivity index (χ4n) is 13.7. The molecule has 5 aliphatic carbocycles. The second-order valence-corrected chi connectivity index (χ2v) is 20.7. The number of carbonyl (C=O) groups excluding carboxylic acids is 1.